The van der Waals surface area contributed by atoms with Gasteiger partial charge >= 0.3 is 11.9 Å². The number of fused-ring (bicyclic) bond motifs is 1. The first-order valence-corrected chi connectivity index (χ1v) is 11.6. The van der Waals surface area contributed by atoms with Crippen LogP contribution in [-0.4, -0.2) is 98.6 Å². The average molecular weight is 538 g/mol. The lowest BCUT2D eigenvalue weighted by Crippen LogP contribution is -2.39. The van der Waals surface area contributed by atoms with E-state index in [-0.39, 0.29) is 6.04 Å². The maximum Gasteiger partial charge on any atom is 0.335 e. The van der Waals surface area contributed by atoms with Crippen LogP contribution in [0.2, 0.25) is 0 Å². The number of nitrogens with zero attached hydrogens (tertiary/aromatic N) is 1. The van der Waals surface area contributed by atoms with Gasteiger partial charge in [-0.1, -0.05) is 0 Å². The number of benzene rings is 2. The standard InChI is InChI=1S/C22H29NO5.C4H6O6/c1-23-8-7-15-12-18(24-2)19(25-3)13-16(15)17(23)9-14-10-20(26-4)22(28-6)21(11-14)27-5;5-1(3(7)8)2(6)4(9)10/h10-13,17H,7-9H2,1-6H3;1-2,5-6H,(H,7,8)(H,9,10)/t;1-,2-/m.1/s1. The molecule has 2 aromatic rings. The molecule has 3 atom stereocenters. The van der Waals surface area contributed by atoms with Gasteiger partial charge in [0, 0.05) is 12.6 Å². The molecule has 3 rings (SSSR count). The molecule has 0 spiro atoms. The lowest BCUT2D eigenvalue weighted by atomic mass is 9.88. The van der Waals surface area contributed by atoms with Crippen LogP contribution >= 0.6 is 0 Å². The minimum atomic E-state index is -2.27. The van der Waals surface area contributed by atoms with Gasteiger partial charge in [0.15, 0.2) is 35.2 Å². The predicted octanol–water partition coefficient (Wildman–Crippen LogP) is 1.38. The van der Waals surface area contributed by atoms with Gasteiger partial charge in [0.2, 0.25) is 5.75 Å². The molecular formula is C26H35NO11. The molecule has 0 radical (unpaired) electrons. The Labute approximate surface area is 220 Å². The number of hydrogen-bond donors (Lipinski definition) is 4. The molecule has 0 fully saturated rings. The monoisotopic (exact) mass is 537 g/mol. The van der Waals surface area contributed by atoms with E-state index in [2.05, 4.69) is 24.1 Å². The number of aliphatic hydroxyl groups excluding tert-OH is 2. The summed E-state index contributed by atoms with van der Waals surface area (Å²) in [6.45, 7) is 0.984. The number of likely N-dealkylation sites (N-methyl/N-ethyl adjacent to an activating group) is 1. The Balaban J connectivity index is 0.000000432. The van der Waals surface area contributed by atoms with Crippen LogP contribution < -0.4 is 23.7 Å². The molecule has 0 saturated carbocycles. The van der Waals surface area contributed by atoms with E-state index in [1.807, 2.05) is 12.1 Å². The maximum atomic E-state index is 9.77. The Morgan fingerprint density at radius 1 is 0.816 bits per heavy atom. The van der Waals surface area contributed by atoms with Crippen LogP contribution in [0.4, 0.5) is 0 Å². The maximum absolute atomic E-state index is 9.77. The zero-order valence-electron chi connectivity index (χ0n) is 22.3. The van der Waals surface area contributed by atoms with E-state index in [1.54, 1.807) is 35.5 Å². The largest absolute Gasteiger partial charge is 0.493 e. The highest BCUT2D eigenvalue weighted by molar-refractivity contribution is 5.83. The topological polar surface area (TPSA) is 164 Å². The Morgan fingerprint density at radius 2 is 1.29 bits per heavy atom. The number of carbonyl (C=O) groups is 2. The molecule has 0 amide bonds. The average Bonchev–Trinajstić information content (AvgIpc) is 2.92. The first kappa shape index (κ1) is 30.5. The number of ether oxygens (including phenoxy) is 5. The van der Waals surface area contributed by atoms with Crippen molar-refractivity contribution in [2.75, 3.05) is 49.1 Å². The molecule has 0 aliphatic carbocycles. The van der Waals surface area contributed by atoms with Gasteiger partial charge in [0.25, 0.3) is 0 Å². The lowest BCUT2D eigenvalue weighted by molar-refractivity contribution is -0.165. The van der Waals surface area contributed by atoms with E-state index in [1.165, 1.54) is 11.1 Å². The summed E-state index contributed by atoms with van der Waals surface area (Å²) in [5, 5.41) is 32.5. The van der Waals surface area contributed by atoms with Crippen LogP contribution in [0.25, 0.3) is 0 Å². The first-order valence-electron chi connectivity index (χ1n) is 11.6. The van der Waals surface area contributed by atoms with Crippen molar-refractivity contribution in [2.24, 2.45) is 0 Å². The summed E-state index contributed by atoms with van der Waals surface area (Å²) in [7, 11) is 10.4. The highest BCUT2D eigenvalue weighted by Gasteiger charge is 2.30. The fourth-order valence-electron chi connectivity index (χ4n) is 4.17. The summed E-state index contributed by atoms with van der Waals surface area (Å²) in [5.74, 6) is -0.0585. The number of aliphatic carboxylic acids is 2. The number of methoxy groups -OCH3 is 5. The number of carboxylic acids is 2. The van der Waals surface area contributed by atoms with Crippen LogP contribution in [0.15, 0.2) is 24.3 Å². The number of hydrogen-bond acceptors (Lipinski definition) is 10. The van der Waals surface area contributed by atoms with Crippen molar-refractivity contribution >= 4 is 11.9 Å². The molecule has 4 N–H and O–H groups in total. The lowest BCUT2D eigenvalue weighted by Gasteiger charge is -2.35. The Bertz CT molecular complexity index is 1080. The molecule has 210 valence electrons. The minimum Gasteiger partial charge on any atom is -0.493 e. The van der Waals surface area contributed by atoms with Gasteiger partial charge in [-0.3, -0.25) is 4.90 Å². The van der Waals surface area contributed by atoms with Crippen LogP contribution in [-0.2, 0) is 22.4 Å². The van der Waals surface area contributed by atoms with Gasteiger partial charge < -0.3 is 44.1 Å². The quantitative estimate of drug-likeness (QED) is 0.345. The van der Waals surface area contributed by atoms with Crippen molar-refractivity contribution < 1.29 is 53.7 Å². The summed E-state index contributed by atoms with van der Waals surface area (Å²) in [5.41, 5.74) is 3.68. The molecule has 0 saturated heterocycles. The molecule has 0 aromatic heterocycles. The van der Waals surface area contributed by atoms with Crippen molar-refractivity contribution in [3.63, 3.8) is 0 Å². The molecular weight excluding hydrogens is 502 g/mol. The second-order valence-electron chi connectivity index (χ2n) is 8.46. The summed E-state index contributed by atoms with van der Waals surface area (Å²) in [6, 6.07) is 8.45. The summed E-state index contributed by atoms with van der Waals surface area (Å²) >= 11 is 0. The summed E-state index contributed by atoms with van der Waals surface area (Å²) in [4.78, 5) is 21.9. The molecule has 12 heteroatoms. The number of aliphatic hydroxyl groups is 2. The van der Waals surface area contributed by atoms with E-state index in [0.717, 1.165) is 36.4 Å². The number of rotatable bonds is 10. The third-order valence-electron chi connectivity index (χ3n) is 6.23. The first-order chi connectivity index (χ1) is 18.0. The fourth-order valence-corrected chi connectivity index (χ4v) is 4.17. The second kappa shape index (κ2) is 13.7. The van der Waals surface area contributed by atoms with E-state index >= 15 is 0 Å². The Hall–Kier alpha value is -3.74. The normalized spacial score (nSPS) is 16.2. The molecule has 1 aliphatic rings. The third-order valence-corrected chi connectivity index (χ3v) is 6.23. The van der Waals surface area contributed by atoms with Gasteiger partial charge in [-0.15, -0.1) is 0 Å². The van der Waals surface area contributed by atoms with Crippen LogP contribution in [0, 0.1) is 0 Å². The smallest absolute Gasteiger partial charge is 0.335 e. The highest BCUT2D eigenvalue weighted by Crippen LogP contribution is 2.42. The number of carboxylic acid groups (broad SMARTS) is 2. The van der Waals surface area contributed by atoms with Crippen molar-refractivity contribution in [3.8, 4) is 28.7 Å². The molecule has 1 unspecified atom stereocenters. The van der Waals surface area contributed by atoms with Gasteiger partial charge in [0.1, 0.15) is 0 Å². The van der Waals surface area contributed by atoms with Crippen molar-refractivity contribution in [1.82, 2.24) is 4.90 Å². The summed E-state index contributed by atoms with van der Waals surface area (Å²) in [6.07, 6.45) is -2.73. The molecule has 2 aromatic carbocycles. The second-order valence-corrected chi connectivity index (χ2v) is 8.46. The van der Waals surface area contributed by atoms with Crippen molar-refractivity contribution in [1.29, 1.82) is 0 Å². The minimum absolute atomic E-state index is 0.214. The van der Waals surface area contributed by atoms with E-state index < -0.39 is 24.1 Å². The molecule has 0 bridgehead atoms. The van der Waals surface area contributed by atoms with E-state index in [0.29, 0.717) is 17.2 Å². The van der Waals surface area contributed by atoms with Gasteiger partial charge in [-0.25, -0.2) is 9.59 Å². The Morgan fingerprint density at radius 3 is 1.71 bits per heavy atom. The van der Waals surface area contributed by atoms with Crippen molar-refractivity contribution in [2.45, 2.75) is 31.1 Å². The molecule has 1 aliphatic heterocycles. The summed E-state index contributed by atoms with van der Waals surface area (Å²) < 4.78 is 27.5. The van der Waals surface area contributed by atoms with Crippen LogP contribution in [0.5, 0.6) is 28.7 Å². The van der Waals surface area contributed by atoms with Crippen molar-refractivity contribution in [3.05, 3.63) is 41.0 Å². The van der Waals surface area contributed by atoms with E-state index in [9.17, 15) is 9.59 Å². The molecule has 38 heavy (non-hydrogen) atoms. The predicted molar refractivity (Wildman–Crippen MR) is 136 cm³/mol. The highest BCUT2D eigenvalue weighted by atomic mass is 16.5. The molecule has 12 nitrogen and oxygen atoms in total. The van der Waals surface area contributed by atoms with Crippen LogP contribution in [0.3, 0.4) is 0 Å². The Kier molecular flexibility index (Phi) is 11.0. The third kappa shape index (κ3) is 6.97. The van der Waals surface area contributed by atoms with Gasteiger partial charge in [-0.05, 0) is 60.8 Å². The van der Waals surface area contributed by atoms with Crippen LogP contribution in [0.1, 0.15) is 22.7 Å². The van der Waals surface area contributed by atoms with E-state index in [4.69, 9.17) is 44.1 Å². The zero-order chi connectivity index (χ0) is 28.6. The fraction of sp³-hybridized carbons (Fsp3) is 0.462. The SMILES string of the molecule is COc1cc2c(cc1OC)C(Cc1cc(OC)c(OC)c(OC)c1)N(C)CC2.O=C(O)[C@H](O)[C@@H](O)C(=O)O. The van der Waals surface area contributed by atoms with Gasteiger partial charge in [0.05, 0.1) is 35.5 Å². The zero-order valence-corrected chi connectivity index (χ0v) is 22.3. The molecule has 1 heterocycles. The van der Waals surface area contributed by atoms with Gasteiger partial charge in [-0.2, -0.15) is 0 Å².